The van der Waals surface area contributed by atoms with Crippen LogP contribution in [0.25, 0.3) is 0 Å². The molecule has 1 atom stereocenters. The van der Waals surface area contributed by atoms with E-state index >= 15 is 0 Å². The van der Waals surface area contributed by atoms with Gasteiger partial charge < -0.3 is 14.8 Å². The van der Waals surface area contributed by atoms with Crippen molar-refractivity contribution in [3.63, 3.8) is 0 Å². The Labute approximate surface area is 131 Å². The van der Waals surface area contributed by atoms with E-state index in [9.17, 15) is 9.90 Å². The minimum absolute atomic E-state index is 0.0770. The van der Waals surface area contributed by atoms with E-state index in [2.05, 4.69) is 5.32 Å². The molecule has 0 aliphatic carbocycles. The summed E-state index contributed by atoms with van der Waals surface area (Å²) in [6.45, 7) is 5.62. The summed E-state index contributed by atoms with van der Waals surface area (Å²) in [6.07, 6.45) is 1.10. The molecule has 4 nitrogen and oxygen atoms in total. The van der Waals surface area contributed by atoms with Crippen LogP contribution < -0.4 is 5.32 Å². The van der Waals surface area contributed by atoms with Crippen LogP contribution in [-0.2, 0) is 16.8 Å². The van der Waals surface area contributed by atoms with Crippen molar-refractivity contribution in [2.75, 3.05) is 6.54 Å². The molecule has 0 saturated heterocycles. The smallest absolute Gasteiger partial charge is 0.220 e. The van der Waals surface area contributed by atoms with Crippen molar-refractivity contribution in [1.82, 2.24) is 5.32 Å². The zero-order valence-corrected chi connectivity index (χ0v) is 13.3. The van der Waals surface area contributed by atoms with Gasteiger partial charge in [-0.25, -0.2) is 0 Å². The Balaban J connectivity index is 1.84. The number of rotatable bonds is 6. The van der Waals surface area contributed by atoms with Crippen molar-refractivity contribution in [1.29, 1.82) is 0 Å². The predicted molar refractivity (Wildman–Crippen MR) is 85.5 cm³/mol. The van der Waals surface area contributed by atoms with E-state index in [0.29, 0.717) is 18.6 Å². The quantitative estimate of drug-likeness (QED) is 0.862. The van der Waals surface area contributed by atoms with Crippen LogP contribution in [0.1, 0.15) is 36.0 Å². The monoisotopic (exact) mass is 301 g/mol. The topological polar surface area (TPSA) is 62.5 Å². The molecule has 0 saturated carbocycles. The second-order valence-electron chi connectivity index (χ2n) is 5.89. The summed E-state index contributed by atoms with van der Waals surface area (Å²) in [6, 6.07) is 11.6. The average Bonchev–Trinajstić information content (AvgIpc) is 2.92. The maximum absolute atomic E-state index is 12.0. The van der Waals surface area contributed by atoms with Crippen LogP contribution in [0.15, 0.2) is 40.8 Å². The normalized spacial score (nSPS) is 13.6. The van der Waals surface area contributed by atoms with Crippen molar-refractivity contribution >= 4 is 5.91 Å². The van der Waals surface area contributed by atoms with Gasteiger partial charge in [-0.15, -0.1) is 0 Å². The van der Waals surface area contributed by atoms with Gasteiger partial charge in [0.05, 0.1) is 6.54 Å². The second-order valence-corrected chi connectivity index (χ2v) is 5.89. The van der Waals surface area contributed by atoms with Gasteiger partial charge in [-0.2, -0.15) is 0 Å². The van der Waals surface area contributed by atoms with Crippen LogP contribution in [0.3, 0.4) is 0 Å². The first-order valence-corrected chi connectivity index (χ1v) is 7.49. The van der Waals surface area contributed by atoms with Crippen LogP contribution in [0.2, 0.25) is 0 Å². The molecular formula is C18H23NO3. The van der Waals surface area contributed by atoms with Crippen molar-refractivity contribution in [2.24, 2.45) is 0 Å². The second kappa shape index (κ2) is 6.79. The molecule has 0 aliphatic rings. The third-order valence-electron chi connectivity index (χ3n) is 3.78. The lowest BCUT2D eigenvalue weighted by molar-refractivity contribution is -0.122. The number of carbonyl (C=O) groups excluding carboxylic acids is 1. The maximum atomic E-state index is 12.0. The number of furan rings is 1. The van der Waals surface area contributed by atoms with Crippen molar-refractivity contribution in [3.05, 3.63) is 59.0 Å². The number of nitrogens with one attached hydrogen (secondary N) is 1. The molecular weight excluding hydrogens is 278 g/mol. The Morgan fingerprint density at radius 3 is 2.59 bits per heavy atom. The van der Waals surface area contributed by atoms with Crippen LogP contribution in [0, 0.1) is 13.8 Å². The summed E-state index contributed by atoms with van der Waals surface area (Å²) in [4.78, 5) is 12.0. The third-order valence-corrected chi connectivity index (χ3v) is 3.78. The largest absolute Gasteiger partial charge is 0.463 e. The molecule has 2 N–H and O–H groups in total. The maximum Gasteiger partial charge on any atom is 0.220 e. The number of hydrogen-bond acceptors (Lipinski definition) is 3. The highest BCUT2D eigenvalue weighted by molar-refractivity contribution is 5.76. The number of aliphatic hydroxyl groups is 1. The Morgan fingerprint density at radius 1 is 1.23 bits per heavy atom. The van der Waals surface area contributed by atoms with Crippen LogP contribution in [0.4, 0.5) is 0 Å². The van der Waals surface area contributed by atoms with Gasteiger partial charge in [-0.1, -0.05) is 24.3 Å². The number of hydrogen-bond donors (Lipinski definition) is 2. The SMILES string of the molecule is Cc1ccc(C(C)(O)CNC(=O)CCc2ccccc2C)o1. The molecule has 0 fully saturated rings. The van der Waals surface area contributed by atoms with E-state index in [0.717, 1.165) is 5.76 Å². The Bertz CT molecular complexity index is 643. The molecule has 0 radical (unpaired) electrons. The number of benzene rings is 1. The van der Waals surface area contributed by atoms with Crippen LogP contribution in [0.5, 0.6) is 0 Å². The minimum Gasteiger partial charge on any atom is -0.463 e. The fourth-order valence-corrected chi connectivity index (χ4v) is 2.31. The molecule has 0 bridgehead atoms. The summed E-state index contributed by atoms with van der Waals surface area (Å²) in [5, 5.41) is 13.1. The van der Waals surface area contributed by atoms with Crippen molar-refractivity contribution in [2.45, 2.75) is 39.2 Å². The highest BCUT2D eigenvalue weighted by atomic mass is 16.4. The highest BCUT2D eigenvalue weighted by Gasteiger charge is 2.27. The Kier molecular flexibility index (Phi) is 5.03. The molecule has 1 aromatic carbocycles. The molecule has 1 amide bonds. The fraction of sp³-hybridized carbons (Fsp3) is 0.389. The summed E-state index contributed by atoms with van der Waals surface area (Å²) in [5.41, 5.74) is 1.16. The van der Waals surface area contributed by atoms with Crippen LogP contribution >= 0.6 is 0 Å². The first-order chi connectivity index (χ1) is 10.4. The summed E-state index contributed by atoms with van der Waals surface area (Å²) >= 11 is 0. The van der Waals surface area contributed by atoms with Gasteiger partial charge in [0.25, 0.3) is 0 Å². The zero-order valence-electron chi connectivity index (χ0n) is 13.3. The van der Waals surface area contributed by atoms with E-state index in [1.54, 1.807) is 19.1 Å². The van der Waals surface area contributed by atoms with E-state index in [1.807, 2.05) is 38.1 Å². The van der Waals surface area contributed by atoms with Crippen molar-refractivity contribution < 1.29 is 14.3 Å². The summed E-state index contributed by atoms with van der Waals surface area (Å²) in [5.74, 6) is 1.12. The standard InChI is InChI=1S/C18H23NO3/c1-13-6-4-5-7-15(13)9-11-17(20)19-12-18(3,21)16-10-8-14(2)22-16/h4-8,10,21H,9,11-12H2,1-3H3,(H,19,20). The van der Waals surface area contributed by atoms with Gasteiger partial charge >= 0.3 is 0 Å². The molecule has 1 aromatic heterocycles. The molecule has 2 rings (SSSR count). The van der Waals surface area contributed by atoms with Gasteiger partial charge in [0.1, 0.15) is 17.1 Å². The number of aryl methyl sites for hydroxylation is 3. The van der Waals surface area contributed by atoms with Gasteiger partial charge in [-0.05, 0) is 50.5 Å². The van der Waals surface area contributed by atoms with E-state index in [4.69, 9.17) is 4.42 Å². The first kappa shape index (κ1) is 16.3. The van der Waals surface area contributed by atoms with E-state index < -0.39 is 5.60 Å². The lowest BCUT2D eigenvalue weighted by atomic mass is 10.0. The molecule has 0 spiro atoms. The molecule has 1 unspecified atom stereocenters. The molecule has 0 aliphatic heterocycles. The lowest BCUT2D eigenvalue weighted by Gasteiger charge is -2.21. The molecule has 22 heavy (non-hydrogen) atoms. The fourth-order valence-electron chi connectivity index (χ4n) is 2.31. The van der Waals surface area contributed by atoms with Gasteiger partial charge in [-0.3, -0.25) is 4.79 Å². The molecule has 2 aromatic rings. The van der Waals surface area contributed by atoms with Gasteiger partial charge in [0.15, 0.2) is 0 Å². The van der Waals surface area contributed by atoms with Crippen LogP contribution in [-0.4, -0.2) is 17.6 Å². The zero-order chi connectivity index (χ0) is 16.2. The molecule has 4 heteroatoms. The summed E-state index contributed by atoms with van der Waals surface area (Å²) < 4.78 is 5.42. The van der Waals surface area contributed by atoms with Gasteiger partial charge in [0, 0.05) is 6.42 Å². The Morgan fingerprint density at radius 2 is 1.95 bits per heavy atom. The van der Waals surface area contributed by atoms with E-state index in [-0.39, 0.29) is 12.5 Å². The lowest BCUT2D eigenvalue weighted by Crippen LogP contribution is -2.38. The molecule has 118 valence electrons. The molecule has 1 heterocycles. The predicted octanol–water partition coefficient (Wildman–Crippen LogP) is 2.85. The number of carbonyl (C=O) groups is 1. The average molecular weight is 301 g/mol. The van der Waals surface area contributed by atoms with Crippen molar-refractivity contribution in [3.8, 4) is 0 Å². The number of amides is 1. The Hall–Kier alpha value is -2.07. The summed E-state index contributed by atoms with van der Waals surface area (Å²) in [7, 11) is 0. The minimum atomic E-state index is -1.20. The van der Waals surface area contributed by atoms with Gasteiger partial charge in [0.2, 0.25) is 5.91 Å². The third kappa shape index (κ3) is 4.21. The van der Waals surface area contributed by atoms with E-state index in [1.165, 1.54) is 11.1 Å². The highest BCUT2D eigenvalue weighted by Crippen LogP contribution is 2.22. The first-order valence-electron chi connectivity index (χ1n) is 7.49.